The molecule has 0 amide bonds. The third-order valence-corrected chi connectivity index (χ3v) is 4.04. The van der Waals surface area contributed by atoms with Crippen molar-refractivity contribution in [3.63, 3.8) is 0 Å². The van der Waals surface area contributed by atoms with Crippen molar-refractivity contribution in [3.8, 4) is 0 Å². The van der Waals surface area contributed by atoms with Crippen molar-refractivity contribution >= 4 is 16.7 Å². The highest BCUT2D eigenvalue weighted by Gasteiger charge is 2.11. The van der Waals surface area contributed by atoms with Crippen LogP contribution in [0.25, 0.3) is 11.0 Å². The van der Waals surface area contributed by atoms with Crippen LogP contribution in [0.1, 0.15) is 38.5 Å². The monoisotopic (exact) mass is 255 g/mol. The van der Waals surface area contributed by atoms with Gasteiger partial charge in [0.2, 0.25) is 0 Å². The second-order valence-electron chi connectivity index (χ2n) is 5.50. The van der Waals surface area contributed by atoms with Crippen molar-refractivity contribution in [1.82, 2.24) is 9.97 Å². The standard InChI is InChI=1S/C16H21N3/c1-2-4-6-13(5-3-1)12-19-14-7-8-15-16(11-14)18-10-9-17-15/h7-11,13,19H,1-6,12H2. The van der Waals surface area contributed by atoms with E-state index in [0.29, 0.717) is 0 Å². The van der Waals surface area contributed by atoms with Crippen LogP contribution in [0.2, 0.25) is 0 Å². The molecular weight excluding hydrogens is 234 g/mol. The number of hydrogen-bond acceptors (Lipinski definition) is 3. The van der Waals surface area contributed by atoms with Gasteiger partial charge in [0.25, 0.3) is 0 Å². The van der Waals surface area contributed by atoms with E-state index in [1.54, 1.807) is 12.4 Å². The SMILES string of the molecule is c1cnc2cc(NCC3CCCCCC3)ccc2n1. The number of hydrogen-bond donors (Lipinski definition) is 1. The smallest absolute Gasteiger partial charge is 0.0907 e. The zero-order valence-corrected chi connectivity index (χ0v) is 11.3. The first kappa shape index (κ1) is 12.4. The first-order valence-corrected chi connectivity index (χ1v) is 7.36. The summed E-state index contributed by atoms with van der Waals surface area (Å²) in [6.07, 6.45) is 11.9. The van der Waals surface area contributed by atoms with Crippen LogP contribution in [0.4, 0.5) is 5.69 Å². The third kappa shape index (κ3) is 3.22. The Kier molecular flexibility index (Phi) is 3.92. The molecule has 1 aliphatic carbocycles. The van der Waals surface area contributed by atoms with Gasteiger partial charge >= 0.3 is 0 Å². The van der Waals surface area contributed by atoms with Gasteiger partial charge in [0.15, 0.2) is 0 Å². The highest BCUT2D eigenvalue weighted by Crippen LogP contribution is 2.23. The summed E-state index contributed by atoms with van der Waals surface area (Å²) < 4.78 is 0. The van der Waals surface area contributed by atoms with Crippen molar-refractivity contribution < 1.29 is 0 Å². The summed E-state index contributed by atoms with van der Waals surface area (Å²) in [4.78, 5) is 8.64. The summed E-state index contributed by atoms with van der Waals surface area (Å²) in [5, 5.41) is 3.57. The number of fused-ring (bicyclic) bond motifs is 1. The molecule has 1 N–H and O–H groups in total. The Morgan fingerprint density at radius 3 is 2.47 bits per heavy atom. The number of benzene rings is 1. The molecule has 19 heavy (non-hydrogen) atoms. The minimum absolute atomic E-state index is 0.833. The van der Waals surface area contributed by atoms with Gasteiger partial charge in [-0.3, -0.25) is 9.97 Å². The molecule has 1 fully saturated rings. The van der Waals surface area contributed by atoms with E-state index in [0.717, 1.165) is 29.2 Å². The summed E-state index contributed by atoms with van der Waals surface area (Å²) in [7, 11) is 0. The quantitative estimate of drug-likeness (QED) is 0.842. The molecule has 1 aromatic carbocycles. The maximum atomic E-state index is 4.35. The molecule has 3 heteroatoms. The van der Waals surface area contributed by atoms with Crippen molar-refractivity contribution in [2.45, 2.75) is 38.5 Å². The summed E-state index contributed by atoms with van der Waals surface area (Å²) in [6, 6.07) is 6.24. The van der Waals surface area contributed by atoms with Crippen LogP contribution in [-0.4, -0.2) is 16.5 Å². The van der Waals surface area contributed by atoms with Crippen molar-refractivity contribution in [2.75, 3.05) is 11.9 Å². The number of aromatic nitrogens is 2. The summed E-state index contributed by atoms with van der Waals surface area (Å²) >= 11 is 0. The fraction of sp³-hybridized carbons (Fsp3) is 0.500. The van der Waals surface area contributed by atoms with Gasteiger partial charge in [-0.2, -0.15) is 0 Å². The van der Waals surface area contributed by atoms with Gasteiger partial charge in [-0.1, -0.05) is 25.7 Å². The van der Waals surface area contributed by atoms with Crippen molar-refractivity contribution in [3.05, 3.63) is 30.6 Å². The lowest BCUT2D eigenvalue weighted by atomic mass is 10.0. The lowest BCUT2D eigenvalue weighted by Crippen LogP contribution is -2.13. The Hall–Kier alpha value is -1.64. The van der Waals surface area contributed by atoms with Gasteiger partial charge in [0.05, 0.1) is 11.0 Å². The van der Waals surface area contributed by atoms with Gasteiger partial charge in [-0.25, -0.2) is 0 Å². The largest absolute Gasteiger partial charge is 0.385 e. The van der Waals surface area contributed by atoms with Crippen molar-refractivity contribution in [1.29, 1.82) is 0 Å². The Morgan fingerprint density at radius 1 is 0.947 bits per heavy atom. The number of nitrogens with zero attached hydrogens (tertiary/aromatic N) is 2. The second kappa shape index (κ2) is 6.00. The first-order valence-electron chi connectivity index (χ1n) is 7.36. The molecule has 3 nitrogen and oxygen atoms in total. The molecular formula is C16H21N3. The lowest BCUT2D eigenvalue weighted by Gasteiger charge is -2.15. The van der Waals surface area contributed by atoms with Crippen LogP contribution in [0.5, 0.6) is 0 Å². The van der Waals surface area contributed by atoms with Crippen LogP contribution < -0.4 is 5.32 Å². The van der Waals surface area contributed by atoms with Gasteiger partial charge < -0.3 is 5.32 Å². The average molecular weight is 255 g/mol. The second-order valence-corrected chi connectivity index (χ2v) is 5.50. The van der Waals surface area contributed by atoms with E-state index in [9.17, 15) is 0 Å². The van der Waals surface area contributed by atoms with E-state index in [2.05, 4.69) is 27.4 Å². The van der Waals surface area contributed by atoms with E-state index in [1.165, 1.54) is 38.5 Å². The molecule has 0 saturated heterocycles. The number of anilines is 1. The molecule has 1 aromatic heterocycles. The highest BCUT2D eigenvalue weighted by molar-refractivity contribution is 5.78. The van der Waals surface area contributed by atoms with Gasteiger partial charge in [0.1, 0.15) is 0 Å². The molecule has 1 aliphatic rings. The van der Waals surface area contributed by atoms with E-state index in [4.69, 9.17) is 0 Å². The molecule has 2 aromatic rings. The van der Waals surface area contributed by atoms with E-state index >= 15 is 0 Å². The summed E-state index contributed by atoms with van der Waals surface area (Å²) in [5.41, 5.74) is 3.09. The van der Waals surface area contributed by atoms with E-state index in [1.807, 2.05) is 6.07 Å². The van der Waals surface area contributed by atoms with Gasteiger partial charge in [-0.05, 0) is 37.0 Å². The molecule has 1 heterocycles. The number of rotatable bonds is 3. The van der Waals surface area contributed by atoms with E-state index < -0.39 is 0 Å². The van der Waals surface area contributed by atoms with E-state index in [-0.39, 0.29) is 0 Å². The van der Waals surface area contributed by atoms with Crippen LogP contribution in [0.15, 0.2) is 30.6 Å². The Labute approximate surface area is 114 Å². The number of nitrogens with one attached hydrogen (secondary N) is 1. The third-order valence-electron chi connectivity index (χ3n) is 4.04. The zero-order chi connectivity index (χ0) is 12.9. The molecule has 100 valence electrons. The lowest BCUT2D eigenvalue weighted by molar-refractivity contribution is 0.483. The molecule has 0 aliphatic heterocycles. The Morgan fingerprint density at radius 2 is 1.68 bits per heavy atom. The fourth-order valence-corrected chi connectivity index (χ4v) is 2.90. The van der Waals surface area contributed by atoms with Crippen molar-refractivity contribution in [2.24, 2.45) is 5.92 Å². The minimum atomic E-state index is 0.833. The maximum absolute atomic E-state index is 4.35. The topological polar surface area (TPSA) is 37.8 Å². The van der Waals surface area contributed by atoms with Crippen LogP contribution in [-0.2, 0) is 0 Å². The normalized spacial score (nSPS) is 17.3. The molecule has 3 rings (SSSR count). The Bertz CT molecular complexity index is 530. The van der Waals surface area contributed by atoms with Crippen LogP contribution in [0, 0.1) is 5.92 Å². The molecule has 0 atom stereocenters. The first-order chi connectivity index (χ1) is 9.42. The average Bonchev–Trinajstić information content (AvgIpc) is 2.73. The minimum Gasteiger partial charge on any atom is -0.385 e. The molecule has 0 spiro atoms. The predicted octanol–water partition coefficient (Wildman–Crippen LogP) is 4.01. The summed E-state index contributed by atoms with van der Waals surface area (Å²) in [6.45, 7) is 1.09. The predicted molar refractivity (Wildman–Crippen MR) is 79.2 cm³/mol. The maximum Gasteiger partial charge on any atom is 0.0907 e. The molecule has 0 bridgehead atoms. The zero-order valence-electron chi connectivity index (χ0n) is 11.3. The fourth-order valence-electron chi connectivity index (χ4n) is 2.90. The highest BCUT2D eigenvalue weighted by atomic mass is 14.9. The van der Waals surface area contributed by atoms with Crippen LogP contribution >= 0.6 is 0 Å². The molecule has 0 unspecified atom stereocenters. The molecule has 0 radical (unpaired) electrons. The van der Waals surface area contributed by atoms with Gasteiger partial charge in [0, 0.05) is 24.6 Å². The summed E-state index contributed by atoms with van der Waals surface area (Å²) in [5.74, 6) is 0.833. The Balaban J connectivity index is 1.64. The molecule has 1 saturated carbocycles. The van der Waals surface area contributed by atoms with Gasteiger partial charge in [-0.15, -0.1) is 0 Å². The van der Waals surface area contributed by atoms with Crippen LogP contribution in [0.3, 0.4) is 0 Å².